The Kier molecular flexibility index (Phi) is 3.91. The molecule has 3 N–H and O–H groups in total. The molecule has 0 aromatic rings. The Balaban J connectivity index is 2.49. The third kappa shape index (κ3) is 2.81. The van der Waals surface area contributed by atoms with Crippen molar-refractivity contribution in [1.29, 1.82) is 0 Å². The Hall–Kier alpha value is -0.830. The Morgan fingerprint density at radius 3 is 2.73 bits per heavy atom. The molecule has 0 bridgehead atoms. The van der Waals surface area contributed by atoms with Crippen molar-refractivity contribution in [2.45, 2.75) is 46.1 Å². The number of rotatable bonds is 3. The summed E-state index contributed by atoms with van der Waals surface area (Å²) in [4.78, 5) is 11.9. The molecule has 0 radical (unpaired) electrons. The van der Waals surface area contributed by atoms with Crippen molar-refractivity contribution in [3.63, 3.8) is 0 Å². The molecular formula is C12H22N2O. The van der Waals surface area contributed by atoms with Gasteiger partial charge in [-0.1, -0.05) is 18.1 Å². The van der Waals surface area contributed by atoms with Crippen LogP contribution in [0.25, 0.3) is 0 Å². The highest BCUT2D eigenvalue weighted by Crippen LogP contribution is 2.36. The molecule has 0 heterocycles. The molecule has 86 valence electrons. The number of hydrogen-bond donors (Lipinski definition) is 2. The molecule has 2 unspecified atom stereocenters. The molecule has 1 aliphatic rings. The Morgan fingerprint density at radius 2 is 2.27 bits per heavy atom. The average molecular weight is 210 g/mol. The minimum atomic E-state index is -0.352. The van der Waals surface area contributed by atoms with Crippen LogP contribution < -0.4 is 11.1 Å². The molecule has 1 amide bonds. The van der Waals surface area contributed by atoms with E-state index >= 15 is 0 Å². The molecule has 2 atom stereocenters. The zero-order valence-electron chi connectivity index (χ0n) is 9.97. The van der Waals surface area contributed by atoms with E-state index in [1.807, 2.05) is 26.8 Å². The van der Waals surface area contributed by atoms with Crippen LogP contribution in [0.5, 0.6) is 0 Å². The first kappa shape index (κ1) is 12.2. The maximum absolute atomic E-state index is 11.9. The summed E-state index contributed by atoms with van der Waals surface area (Å²) in [6.45, 7) is 6.64. The lowest BCUT2D eigenvalue weighted by Gasteiger charge is -2.27. The maximum atomic E-state index is 11.9. The smallest absolute Gasteiger partial charge is 0.227 e. The molecule has 3 heteroatoms. The number of nitrogens with one attached hydrogen (secondary N) is 1. The van der Waals surface area contributed by atoms with Crippen LogP contribution in [0.2, 0.25) is 0 Å². The Labute approximate surface area is 92.1 Å². The van der Waals surface area contributed by atoms with Gasteiger partial charge in [0.05, 0.1) is 5.41 Å². The van der Waals surface area contributed by atoms with Crippen LogP contribution in [-0.4, -0.2) is 18.5 Å². The summed E-state index contributed by atoms with van der Waals surface area (Å²) in [5, 5.41) is 2.93. The fraction of sp³-hybridized carbons (Fsp3) is 0.750. The molecule has 1 aliphatic carbocycles. The van der Waals surface area contributed by atoms with Crippen molar-refractivity contribution in [2.75, 3.05) is 6.54 Å². The SMILES string of the molecule is CC(C)=CCNC(=O)C1(C)CCCC1N. The van der Waals surface area contributed by atoms with Crippen molar-refractivity contribution >= 4 is 5.91 Å². The predicted molar refractivity (Wildman–Crippen MR) is 62.4 cm³/mol. The second-order valence-electron chi connectivity index (χ2n) is 4.91. The standard InChI is InChI=1S/C12H22N2O/c1-9(2)6-8-14-11(15)12(3)7-4-5-10(12)13/h6,10H,4-5,7-8,13H2,1-3H3,(H,14,15). The van der Waals surface area contributed by atoms with Crippen LogP contribution >= 0.6 is 0 Å². The van der Waals surface area contributed by atoms with Crippen molar-refractivity contribution in [3.8, 4) is 0 Å². The van der Waals surface area contributed by atoms with Gasteiger partial charge in [-0.15, -0.1) is 0 Å². The monoisotopic (exact) mass is 210 g/mol. The number of carbonyl (C=O) groups excluding carboxylic acids is 1. The number of hydrogen-bond acceptors (Lipinski definition) is 2. The van der Waals surface area contributed by atoms with Crippen LogP contribution in [0.15, 0.2) is 11.6 Å². The van der Waals surface area contributed by atoms with Crippen LogP contribution in [0.4, 0.5) is 0 Å². The van der Waals surface area contributed by atoms with E-state index in [4.69, 9.17) is 5.73 Å². The van der Waals surface area contributed by atoms with Crippen LogP contribution in [0, 0.1) is 5.41 Å². The third-order valence-electron chi connectivity index (χ3n) is 3.32. The lowest BCUT2D eigenvalue weighted by atomic mass is 9.84. The minimum Gasteiger partial charge on any atom is -0.352 e. The van der Waals surface area contributed by atoms with Gasteiger partial charge in [0.15, 0.2) is 0 Å². The second kappa shape index (κ2) is 4.79. The van der Waals surface area contributed by atoms with Crippen LogP contribution in [0.3, 0.4) is 0 Å². The van der Waals surface area contributed by atoms with Gasteiger partial charge in [0, 0.05) is 12.6 Å². The minimum absolute atomic E-state index is 0.0178. The summed E-state index contributed by atoms with van der Waals surface area (Å²) in [5.41, 5.74) is 6.84. The quantitative estimate of drug-likeness (QED) is 0.695. The summed E-state index contributed by atoms with van der Waals surface area (Å²) in [7, 11) is 0. The zero-order valence-corrected chi connectivity index (χ0v) is 9.97. The third-order valence-corrected chi connectivity index (χ3v) is 3.32. The number of amides is 1. The second-order valence-corrected chi connectivity index (χ2v) is 4.91. The van der Waals surface area contributed by atoms with Gasteiger partial charge in [-0.2, -0.15) is 0 Å². The highest BCUT2D eigenvalue weighted by Gasteiger charge is 2.42. The van der Waals surface area contributed by atoms with Crippen molar-refractivity contribution < 1.29 is 4.79 Å². The highest BCUT2D eigenvalue weighted by atomic mass is 16.2. The van der Waals surface area contributed by atoms with Gasteiger partial charge in [-0.3, -0.25) is 4.79 Å². The summed E-state index contributed by atoms with van der Waals surface area (Å²) in [6, 6.07) is 0.0178. The van der Waals surface area contributed by atoms with E-state index in [1.54, 1.807) is 0 Å². The molecule has 0 aliphatic heterocycles. The molecule has 1 saturated carbocycles. The summed E-state index contributed by atoms with van der Waals surface area (Å²) < 4.78 is 0. The van der Waals surface area contributed by atoms with E-state index in [0.717, 1.165) is 19.3 Å². The lowest BCUT2D eigenvalue weighted by Crippen LogP contribution is -2.47. The molecular weight excluding hydrogens is 188 g/mol. The molecule has 0 aromatic heterocycles. The first-order valence-electron chi connectivity index (χ1n) is 5.64. The molecule has 1 fully saturated rings. The van der Waals surface area contributed by atoms with Gasteiger partial charge < -0.3 is 11.1 Å². The van der Waals surface area contributed by atoms with E-state index in [2.05, 4.69) is 5.32 Å². The largest absolute Gasteiger partial charge is 0.352 e. The molecule has 0 spiro atoms. The van der Waals surface area contributed by atoms with Gasteiger partial charge >= 0.3 is 0 Å². The normalized spacial score (nSPS) is 30.0. The van der Waals surface area contributed by atoms with Crippen LogP contribution in [-0.2, 0) is 4.79 Å². The number of nitrogens with two attached hydrogens (primary N) is 1. The topological polar surface area (TPSA) is 55.1 Å². The Bertz CT molecular complexity index is 269. The van der Waals surface area contributed by atoms with Crippen molar-refractivity contribution in [1.82, 2.24) is 5.32 Å². The maximum Gasteiger partial charge on any atom is 0.227 e. The fourth-order valence-corrected chi connectivity index (χ4v) is 2.02. The first-order valence-corrected chi connectivity index (χ1v) is 5.64. The van der Waals surface area contributed by atoms with Gasteiger partial charge in [0.1, 0.15) is 0 Å². The highest BCUT2D eigenvalue weighted by molar-refractivity contribution is 5.83. The van der Waals surface area contributed by atoms with Gasteiger partial charge in [-0.25, -0.2) is 0 Å². The Morgan fingerprint density at radius 1 is 1.60 bits per heavy atom. The number of carbonyl (C=O) groups is 1. The van der Waals surface area contributed by atoms with E-state index in [-0.39, 0.29) is 17.4 Å². The summed E-state index contributed by atoms with van der Waals surface area (Å²) in [5.74, 6) is 0.102. The molecule has 0 aromatic carbocycles. The molecule has 3 nitrogen and oxygen atoms in total. The van der Waals surface area contributed by atoms with Gasteiger partial charge in [0.2, 0.25) is 5.91 Å². The lowest BCUT2D eigenvalue weighted by molar-refractivity contribution is -0.130. The number of allylic oxidation sites excluding steroid dienone is 1. The van der Waals surface area contributed by atoms with E-state index in [9.17, 15) is 4.79 Å². The summed E-state index contributed by atoms with van der Waals surface area (Å²) in [6.07, 6.45) is 4.96. The van der Waals surface area contributed by atoms with E-state index < -0.39 is 0 Å². The van der Waals surface area contributed by atoms with Crippen LogP contribution in [0.1, 0.15) is 40.0 Å². The fourth-order valence-electron chi connectivity index (χ4n) is 2.02. The predicted octanol–water partition coefficient (Wildman–Crippen LogP) is 1.59. The first-order chi connectivity index (χ1) is 6.97. The van der Waals surface area contributed by atoms with Crippen molar-refractivity contribution in [3.05, 3.63) is 11.6 Å². The van der Waals surface area contributed by atoms with Crippen molar-refractivity contribution in [2.24, 2.45) is 11.1 Å². The van der Waals surface area contributed by atoms with E-state index in [0.29, 0.717) is 6.54 Å². The van der Waals surface area contributed by atoms with E-state index in [1.165, 1.54) is 5.57 Å². The zero-order chi connectivity index (χ0) is 11.5. The summed E-state index contributed by atoms with van der Waals surface area (Å²) >= 11 is 0. The molecule has 15 heavy (non-hydrogen) atoms. The average Bonchev–Trinajstić information content (AvgIpc) is 2.47. The molecule has 1 rings (SSSR count). The van der Waals surface area contributed by atoms with Gasteiger partial charge in [-0.05, 0) is 33.6 Å². The molecule has 0 saturated heterocycles. The van der Waals surface area contributed by atoms with Gasteiger partial charge in [0.25, 0.3) is 0 Å².